The number of hydrogen-bond donors (Lipinski definition) is 1. The first-order valence-electron chi connectivity index (χ1n) is 6.27. The molecule has 0 amide bonds. The van der Waals surface area contributed by atoms with Crippen LogP contribution >= 0.6 is 0 Å². The van der Waals surface area contributed by atoms with Crippen LogP contribution in [0.15, 0.2) is 47.6 Å². The third-order valence-corrected chi connectivity index (χ3v) is 3.08. The topological polar surface area (TPSA) is 41.8 Å². The van der Waals surface area contributed by atoms with Crippen molar-refractivity contribution in [1.82, 2.24) is 0 Å². The highest BCUT2D eigenvalue weighted by atomic mass is 19.1. The van der Waals surface area contributed by atoms with Gasteiger partial charge in [0, 0.05) is 5.56 Å². The van der Waals surface area contributed by atoms with E-state index in [9.17, 15) is 4.39 Å². The molecule has 0 aliphatic carbocycles. The molecule has 4 heteroatoms. The molecule has 0 radical (unpaired) electrons. The van der Waals surface area contributed by atoms with Crippen LogP contribution in [0.3, 0.4) is 0 Å². The molecule has 0 saturated carbocycles. The quantitative estimate of drug-likeness (QED) is 0.521. The van der Waals surface area contributed by atoms with Crippen molar-refractivity contribution in [2.45, 2.75) is 20.5 Å². The molecule has 0 spiro atoms. The smallest absolute Gasteiger partial charge is 0.129 e. The van der Waals surface area contributed by atoms with Crippen molar-refractivity contribution in [3.05, 3.63) is 65.0 Å². The van der Waals surface area contributed by atoms with Crippen molar-refractivity contribution < 1.29 is 14.3 Å². The second-order valence-corrected chi connectivity index (χ2v) is 4.55. The summed E-state index contributed by atoms with van der Waals surface area (Å²) in [7, 11) is 0. The highest BCUT2D eigenvalue weighted by Crippen LogP contribution is 2.21. The van der Waals surface area contributed by atoms with Crippen molar-refractivity contribution in [2.75, 3.05) is 0 Å². The van der Waals surface area contributed by atoms with E-state index < -0.39 is 0 Å². The Morgan fingerprint density at radius 3 is 2.65 bits per heavy atom. The summed E-state index contributed by atoms with van der Waals surface area (Å²) in [5.41, 5.74) is 2.78. The first kappa shape index (κ1) is 14.1. The number of benzene rings is 2. The zero-order valence-electron chi connectivity index (χ0n) is 11.4. The Morgan fingerprint density at radius 1 is 1.25 bits per heavy atom. The Labute approximate surface area is 117 Å². The van der Waals surface area contributed by atoms with Gasteiger partial charge < -0.3 is 9.94 Å². The van der Waals surface area contributed by atoms with Crippen LogP contribution in [-0.4, -0.2) is 10.9 Å². The fourth-order valence-electron chi connectivity index (χ4n) is 1.87. The van der Waals surface area contributed by atoms with Gasteiger partial charge in [-0.2, -0.15) is 0 Å². The van der Waals surface area contributed by atoms with Crippen LogP contribution in [-0.2, 0) is 6.61 Å². The molecular formula is C16H16FNO2. The van der Waals surface area contributed by atoms with Crippen LogP contribution < -0.4 is 4.74 Å². The summed E-state index contributed by atoms with van der Waals surface area (Å²) in [5, 5.41) is 11.9. The molecule has 3 nitrogen and oxygen atoms in total. The summed E-state index contributed by atoms with van der Waals surface area (Å²) in [5.74, 6) is 0.410. The van der Waals surface area contributed by atoms with E-state index in [0.717, 1.165) is 11.1 Å². The molecule has 20 heavy (non-hydrogen) atoms. The van der Waals surface area contributed by atoms with E-state index in [2.05, 4.69) is 5.16 Å². The summed E-state index contributed by atoms with van der Waals surface area (Å²) in [6.07, 6.45) is 0. The van der Waals surface area contributed by atoms with Crippen molar-refractivity contribution in [1.29, 1.82) is 0 Å². The number of nitrogens with zero attached hydrogens (tertiary/aromatic N) is 1. The minimum absolute atomic E-state index is 0.180. The van der Waals surface area contributed by atoms with Gasteiger partial charge in [-0.25, -0.2) is 4.39 Å². The second-order valence-electron chi connectivity index (χ2n) is 4.55. The molecule has 2 aromatic carbocycles. The molecular weight excluding hydrogens is 257 g/mol. The Balaban J connectivity index is 2.13. The Hall–Kier alpha value is -2.36. The van der Waals surface area contributed by atoms with Gasteiger partial charge in [-0.05, 0) is 49.2 Å². The fourth-order valence-corrected chi connectivity index (χ4v) is 1.87. The van der Waals surface area contributed by atoms with Crippen LogP contribution in [0.4, 0.5) is 4.39 Å². The SMILES string of the molecule is C/C(=N\O)c1ccc(OCc2ccccc2F)c(C)c1. The molecule has 0 heterocycles. The summed E-state index contributed by atoms with van der Waals surface area (Å²) >= 11 is 0. The standard InChI is InChI=1S/C16H16FNO2/c1-11-9-13(12(2)18-19)7-8-16(11)20-10-14-5-3-4-6-15(14)17/h3-9,19H,10H2,1-2H3/b18-12+. The highest BCUT2D eigenvalue weighted by Gasteiger charge is 2.06. The minimum atomic E-state index is -0.273. The summed E-state index contributed by atoms with van der Waals surface area (Å²) in [6.45, 7) is 3.79. The van der Waals surface area contributed by atoms with E-state index in [-0.39, 0.29) is 12.4 Å². The Bertz CT molecular complexity index is 638. The fraction of sp³-hybridized carbons (Fsp3) is 0.188. The molecule has 0 aliphatic rings. The summed E-state index contributed by atoms with van der Waals surface area (Å²) in [6, 6.07) is 12.0. The predicted molar refractivity (Wildman–Crippen MR) is 75.9 cm³/mol. The largest absolute Gasteiger partial charge is 0.489 e. The Kier molecular flexibility index (Phi) is 4.35. The van der Waals surface area contributed by atoms with Crippen LogP contribution in [0.5, 0.6) is 5.75 Å². The van der Waals surface area contributed by atoms with Gasteiger partial charge in [0.15, 0.2) is 0 Å². The lowest BCUT2D eigenvalue weighted by molar-refractivity contribution is 0.298. The monoisotopic (exact) mass is 273 g/mol. The van der Waals surface area contributed by atoms with E-state index in [1.54, 1.807) is 37.3 Å². The van der Waals surface area contributed by atoms with Crippen molar-refractivity contribution in [3.63, 3.8) is 0 Å². The average Bonchev–Trinajstić information content (AvgIpc) is 2.46. The summed E-state index contributed by atoms with van der Waals surface area (Å²) < 4.78 is 19.1. The maximum Gasteiger partial charge on any atom is 0.129 e. The van der Waals surface area contributed by atoms with E-state index in [1.165, 1.54) is 6.07 Å². The van der Waals surface area contributed by atoms with Crippen molar-refractivity contribution >= 4 is 5.71 Å². The lowest BCUT2D eigenvalue weighted by Gasteiger charge is -2.11. The van der Waals surface area contributed by atoms with Crippen molar-refractivity contribution in [3.8, 4) is 5.75 Å². The molecule has 0 bridgehead atoms. The number of rotatable bonds is 4. The van der Waals surface area contributed by atoms with E-state index in [4.69, 9.17) is 9.94 Å². The maximum absolute atomic E-state index is 13.5. The lowest BCUT2D eigenvalue weighted by Crippen LogP contribution is -2.01. The molecule has 0 aromatic heterocycles. The number of aryl methyl sites for hydroxylation is 1. The zero-order valence-corrected chi connectivity index (χ0v) is 11.4. The molecule has 0 saturated heterocycles. The molecule has 0 aliphatic heterocycles. The van der Waals surface area contributed by atoms with Crippen LogP contribution in [0.1, 0.15) is 23.6 Å². The summed E-state index contributed by atoms with van der Waals surface area (Å²) in [4.78, 5) is 0. The Morgan fingerprint density at radius 2 is 2.00 bits per heavy atom. The molecule has 2 rings (SSSR count). The van der Waals surface area contributed by atoms with E-state index in [0.29, 0.717) is 17.0 Å². The van der Waals surface area contributed by atoms with Gasteiger partial charge in [0.1, 0.15) is 18.2 Å². The second kappa shape index (κ2) is 6.19. The van der Waals surface area contributed by atoms with Crippen LogP contribution in [0, 0.1) is 12.7 Å². The van der Waals surface area contributed by atoms with Gasteiger partial charge >= 0.3 is 0 Å². The van der Waals surface area contributed by atoms with Gasteiger partial charge in [-0.1, -0.05) is 23.4 Å². The molecule has 104 valence electrons. The van der Waals surface area contributed by atoms with E-state index in [1.807, 2.05) is 13.0 Å². The van der Waals surface area contributed by atoms with Gasteiger partial charge in [0.05, 0.1) is 5.71 Å². The minimum Gasteiger partial charge on any atom is -0.489 e. The van der Waals surface area contributed by atoms with Crippen LogP contribution in [0.2, 0.25) is 0 Å². The number of halogens is 1. The average molecular weight is 273 g/mol. The maximum atomic E-state index is 13.5. The molecule has 0 atom stereocenters. The predicted octanol–water partition coefficient (Wildman–Crippen LogP) is 3.91. The first-order chi connectivity index (χ1) is 9.61. The normalized spacial score (nSPS) is 11.4. The number of hydrogen-bond acceptors (Lipinski definition) is 3. The molecule has 2 aromatic rings. The third kappa shape index (κ3) is 3.15. The van der Waals surface area contributed by atoms with Crippen molar-refractivity contribution in [2.24, 2.45) is 5.16 Å². The van der Waals surface area contributed by atoms with Crippen LogP contribution in [0.25, 0.3) is 0 Å². The molecule has 1 N–H and O–H groups in total. The number of ether oxygens (including phenoxy) is 1. The highest BCUT2D eigenvalue weighted by molar-refractivity contribution is 5.98. The van der Waals surface area contributed by atoms with Gasteiger partial charge in [-0.15, -0.1) is 0 Å². The van der Waals surface area contributed by atoms with Gasteiger partial charge in [0.2, 0.25) is 0 Å². The lowest BCUT2D eigenvalue weighted by atomic mass is 10.1. The van der Waals surface area contributed by atoms with Gasteiger partial charge in [-0.3, -0.25) is 0 Å². The van der Waals surface area contributed by atoms with E-state index >= 15 is 0 Å². The zero-order chi connectivity index (χ0) is 14.5. The van der Waals surface area contributed by atoms with Gasteiger partial charge in [0.25, 0.3) is 0 Å². The number of oxime groups is 1. The molecule has 0 fully saturated rings. The third-order valence-electron chi connectivity index (χ3n) is 3.08. The molecule has 0 unspecified atom stereocenters. The first-order valence-corrected chi connectivity index (χ1v) is 6.27.